The first-order valence-corrected chi connectivity index (χ1v) is 8.00. The first-order valence-electron chi connectivity index (χ1n) is 7.21. The van der Waals surface area contributed by atoms with E-state index in [1.54, 1.807) is 0 Å². The van der Waals surface area contributed by atoms with Crippen LogP contribution in [0.1, 0.15) is 24.4 Å². The summed E-state index contributed by atoms with van der Waals surface area (Å²) < 4.78 is 1.03. The van der Waals surface area contributed by atoms with Crippen LogP contribution in [0.3, 0.4) is 0 Å². The molecule has 0 bridgehead atoms. The van der Waals surface area contributed by atoms with Crippen LogP contribution < -0.4 is 10.6 Å². The molecule has 5 nitrogen and oxygen atoms in total. The van der Waals surface area contributed by atoms with Gasteiger partial charge in [0.05, 0.1) is 12.6 Å². The first kappa shape index (κ1) is 14.5. The fraction of sp³-hybridized carbons (Fsp3) is 0.467. The molecule has 1 aromatic rings. The monoisotopic (exact) mass is 351 g/mol. The molecule has 0 radical (unpaired) electrons. The summed E-state index contributed by atoms with van der Waals surface area (Å²) in [5.74, 6) is 0.0292. The van der Waals surface area contributed by atoms with Crippen molar-refractivity contribution in [1.29, 1.82) is 0 Å². The molecule has 112 valence electrons. The van der Waals surface area contributed by atoms with Crippen LogP contribution in [-0.4, -0.2) is 42.4 Å². The van der Waals surface area contributed by atoms with E-state index in [4.69, 9.17) is 0 Å². The number of carbonyl (C=O) groups is 2. The van der Waals surface area contributed by atoms with Gasteiger partial charge < -0.3 is 10.2 Å². The zero-order chi connectivity index (χ0) is 14.8. The van der Waals surface area contributed by atoms with Crippen molar-refractivity contribution in [2.24, 2.45) is 0 Å². The Morgan fingerprint density at radius 1 is 1.38 bits per heavy atom. The largest absolute Gasteiger partial charge is 0.353 e. The minimum Gasteiger partial charge on any atom is -0.353 e. The molecular formula is C15H18BrN3O2. The van der Waals surface area contributed by atoms with Gasteiger partial charge in [0.15, 0.2) is 0 Å². The highest BCUT2D eigenvalue weighted by molar-refractivity contribution is 9.10. The van der Waals surface area contributed by atoms with E-state index < -0.39 is 0 Å². The van der Waals surface area contributed by atoms with Crippen LogP contribution in [0.15, 0.2) is 28.7 Å². The SMILES string of the molecule is O=C1CNC(C(=O)N2CCCC2c2cccc(Br)c2)CN1. The quantitative estimate of drug-likeness (QED) is 0.841. The summed E-state index contributed by atoms with van der Waals surface area (Å²) >= 11 is 3.49. The van der Waals surface area contributed by atoms with Crippen LogP contribution >= 0.6 is 15.9 Å². The third kappa shape index (κ3) is 3.11. The maximum atomic E-state index is 12.7. The maximum absolute atomic E-state index is 12.7. The molecule has 2 aliphatic rings. The average Bonchev–Trinajstić information content (AvgIpc) is 2.97. The number of hydrogen-bond donors (Lipinski definition) is 2. The van der Waals surface area contributed by atoms with Crippen molar-refractivity contribution in [3.8, 4) is 0 Å². The summed E-state index contributed by atoms with van der Waals surface area (Å²) in [4.78, 5) is 25.8. The zero-order valence-electron chi connectivity index (χ0n) is 11.6. The predicted molar refractivity (Wildman–Crippen MR) is 82.6 cm³/mol. The van der Waals surface area contributed by atoms with Crippen LogP contribution in [0.2, 0.25) is 0 Å². The number of halogens is 1. The molecule has 21 heavy (non-hydrogen) atoms. The fourth-order valence-corrected chi connectivity index (χ4v) is 3.45. The van der Waals surface area contributed by atoms with Crippen molar-refractivity contribution in [1.82, 2.24) is 15.5 Å². The first-order chi connectivity index (χ1) is 10.1. The van der Waals surface area contributed by atoms with Gasteiger partial charge in [-0.1, -0.05) is 28.1 Å². The van der Waals surface area contributed by atoms with Gasteiger partial charge in [0.25, 0.3) is 0 Å². The lowest BCUT2D eigenvalue weighted by atomic mass is 10.0. The summed E-state index contributed by atoms with van der Waals surface area (Å²) in [5, 5.41) is 5.76. The van der Waals surface area contributed by atoms with E-state index in [1.807, 2.05) is 17.0 Å². The number of piperazine rings is 1. The molecule has 6 heteroatoms. The van der Waals surface area contributed by atoms with Crippen molar-refractivity contribution in [2.75, 3.05) is 19.6 Å². The van der Waals surface area contributed by atoms with Crippen molar-refractivity contribution in [3.63, 3.8) is 0 Å². The standard InChI is InChI=1S/C15H18BrN3O2/c16-11-4-1-3-10(7-11)13-5-2-6-19(13)15(21)12-8-18-14(20)9-17-12/h1,3-4,7,12-13,17H,2,5-6,8-9H2,(H,18,20). The van der Waals surface area contributed by atoms with E-state index in [0.29, 0.717) is 6.54 Å². The lowest BCUT2D eigenvalue weighted by Crippen LogP contribution is -2.58. The molecule has 3 rings (SSSR count). The molecule has 2 aliphatic heterocycles. The Labute approximate surface area is 132 Å². The highest BCUT2D eigenvalue weighted by Gasteiger charge is 2.35. The number of benzene rings is 1. The topological polar surface area (TPSA) is 61.4 Å². The van der Waals surface area contributed by atoms with E-state index in [0.717, 1.165) is 29.4 Å². The van der Waals surface area contributed by atoms with E-state index >= 15 is 0 Å². The normalized spacial score (nSPS) is 25.8. The number of carbonyl (C=O) groups excluding carboxylic acids is 2. The summed E-state index contributed by atoms with van der Waals surface area (Å²) in [6, 6.07) is 7.95. The minimum atomic E-state index is -0.310. The number of hydrogen-bond acceptors (Lipinski definition) is 3. The van der Waals surface area contributed by atoms with Gasteiger partial charge >= 0.3 is 0 Å². The number of nitrogens with one attached hydrogen (secondary N) is 2. The highest BCUT2D eigenvalue weighted by atomic mass is 79.9. The van der Waals surface area contributed by atoms with Crippen LogP contribution in [0.4, 0.5) is 0 Å². The van der Waals surface area contributed by atoms with Gasteiger partial charge in [0, 0.05) is 17.6 Å². The molecule has 2 unspecified atom stereocenters. The second-order valence-corrected chi connectivity index (χ2v) is 6.40. The minimum absolute atomic E-state index is 0.0518. The van der Waals surface area contributed by atoms with Crippen molar-refractivity contribution < 1.29 is 9.59 Å². The molecule has 2 atom stereocenters. The Morgan fingerprint density at radius 3 is 2.95 bits per heavy atom. The third-order valence-electron chi connectivity index (χ3n) is 4.08. The fourth-order valence-electron chi connectivity index (χ4n) is 3.03. The van der Waals surface area contributed by atoms with Gasteiger partial charge in [0.1, 0.15) is 6.04 Å². The summed E-state index contributed by atoms with van der Waals surface area (Å²) in [6.07, 6.45) is 2.00. The molecule has 2 fully saturated rings. The van der Waals surface area contributed by atoms with E-state index in [9.17, 15) is 9.59 Å². The van der Waals surface area contributed by atoms with Crippen LogP contribution in [-0.2, 0) is 9.59 Å². The van der Waals surface area contributed by atoms with Crippen molar-refractivity contribution in [2.45, 2.75) is 24.9 Å². The average molecular weight is 352 g/mol. The predicted octanol–water partition coefficient (Wildman–Crippen LogP) is 1.20. The molecule has 0 saturated carbocycles. The number of amides is 2. The summed E-state index contributed by atoms with van der Waals surface area (Å²) in [7, 11) is 0. The lowest BCUT2D eigenvalue weighted by molar-refractivity contribution is -0.135. The summed E-state index contributed by atoms with van der Waals surface area (Å²) in [6.45, 7) is 1.37. The van der Waals surface area contributed by atoms with Gasteiger partial charge in [-0.15, -0.1) is 0 Å². The van der Waals surface area contributed by atoms with Gasteiger partial charge in [-0.05, 0) is 30.5 Å². The molecule has 2 heterocycles. The van der Waals surface area contributed by atoms with Crippen LogP contribution in [0.5, 0.6) is 0 Å². The number of nitrogens with zero attached hydrogens (tertiary/aromatic N) is 1. The van der Waals surface area contributed by atoms with E-state index in [2.05, 4.69) is 38.7 Å². The molecule has 0 aromatic heterocycles. The molecule has 0 aliphatic carbocycles. The maximum Gasteiger partial charge on any atom is 0.242 e. The molecule has 2 saturated heterocycles. The number of likely N-dealkylation sites (tertiary alicyclic amines) is 1. The highest BCUT2D eigenvalue weighted by Crippen LogP contribution is 2.33. The molecule has 1 aromatic carbocycles. The second-order valence-electron chi connectivity index (χ2n) is 5.48. The number of rotatable bonds is 2. The van der Waals surface area contributed by atoms with Gasteiger partial charge in [-0.2, -0.15) is 0 Å². The Balaban J connectivity index is 1.74. The molecular weight excluding hydrogens is 334 g/mol. The Morgan fingerprint density at radius 2 is 2.24 bits per heavy atom. The second kappa shape index (κ2) is 6.15. The van der Waals surface area contributed by atoms with Gasteiger partial charge in [0.2, 0.25) is 11.8 Å². The van der Waals surface area contributed by atoms with Crippen molar-refractivity contribution in [3.05, 3.63) is 34.3 Å². The Kier molecular flexibility index (Phi) is 4.26. The Bertz CT molecular complexity index is 554. The van der Waals surface area contributed by atoms with Gasteiger partial charge in [-0.25, -0.2) is 0 Å². The molecule has 2 N–H and O–H groups in total. The molecule has 2 amide bonds. The van der Waals surface area contributed by atoms with Crippen molar-refractivity contribution >= 4 is 27.7 Å². The van der Waals surface area contributed by atoms with Crippen LogP contribution in [0.25, 0.3) is 0 Å². The zero-order valence-corrected chi connectivity index (χ0v) is 13.2. The molecule has 0 spiro atoms. The van der Waals surface area contributed by atoms with Crippen LogP contribution in [0, 0.1) is 0 Å². The third-order valence-corrected chi connectivity index (χ3v) is 4.57. The Hall–Kier alpha value is -1.40. The lowest BCUT2D eigenvalue weighted by Gasteiger charge is -2.31. The van der Waals surface area contributed by atoms with Gasteiger partial charge in [-0.3, -0.25) is 14.9 Å². The van der Waals surface area contributed by atoms with E-state index in [1.165, 1.54) is 0 Å². The summed E-state index contributed by atoms with van der Waals surface area (Å²) in [5.41, 5.74) is 1.16. The smallest absolute Gasteiger partial charge is 0.242 e. The van der Waals surface area contributed by atoms with E-state index in [-0.39, 0.29) is 30.4 Å².